The number of guanidine groups is 1. The van der Waals surface area contributed by atoms with Crippen LogP contribution in [0.2, 0.25) is 13.1 Å². The number of carbonyl (C=O) groups excluding carboxylic acids is 1. The lowest BCUT2D eigenvalue weighted by Crippen LogP contribution is -2.81. The zero-order valence-electron chi connectivity index (χ0n) is 30.0. The summed E-state index contributed by atoms with van der Waals surface area (Å²) in [6.45, 7) is 8.22. The Bertz CT molecular complexity index is 2220. The maximum absolute atomic E-state index is 15.4. The van der Waals surface area contributed by atoms with Crippen molar-refractivity contribution in [3.05, 3.63) is 116 Å². The molecule has 3 aliphatic rings. The summed E-state index contributed by atoms with van der Waals surface area (Å²) in [7, 11) is -2.02. The molecule has 0 saturated carbocycles. The molecule has 0 aromatic heterocycles. The third-order valence-corrected chi connectivity index (χ3v) is 12.7. The number of nitrogens with zero attached hydrogens (tertiary/aromatic N) is 3. The van der Waals surface area contributed by atoms with Crippen molar-refractivity contribution >= 4 is 48.5 Å². The highest BCUT2D eigenvalue weighted by Gasteiger charge is 2.56. The zero-order valence-corrected chi connectivity index (χ0v) is 31.0. The quantitative estimate of drug-likeness (QED) is 0.0776. The van der Waals surface area contributed by atoms with Crippen molar-refractivity contribution in [3.8, 4) is 0 Å². The standard InChI is InChI=1S/C24BF20.C10H18N3O2Si/c26-5-1(6(27)14(35)21(42)13(5)34)25(2-7(28)15(36)22(43)16(37)8(2)29,3-9(30)17(38)23(44)18(39)10(3)31)4-11(32)19(40)24(45)20(41)12(4)33;1-16(2)13-8-4-6-11-5-3-7-12(9(11)13)10(14)15-16/h;3-8H2,1-2H3/q-1;+1. The monoisotopic (exact) mass is 919 g/mol. The number of amides is 1. The van der Waals surface area contributed by atoms with Gasteiger partial charge in [0.15, 0.2) is 69.8 Å². The van der Waals surface area contributed by atoms with E-state index in [1.54, 1.807) is 0 Å². The van der Waals surface area contributed by atoms with Gasteiger partial charge < -0.3 is 4.43 Å². The molecule has 61 heavy (non-hydrogen) atoms. The van der Waals surface area contributed by atoms with Gasteiger partial charge in [0.1, 0.15) is 52.7 Å². The molecule has 1 saturated heterocycles. The minimum atomic E-state index is -7.22. The molecule has 1 amide bonds. The van der Waals surface area contributed by atoms with Gasteiger partial charge in [-0.1, -0.05) is 0 Å². The predicted octanol–water partition coefficient (Wildman–Crippen LogP) is 6.46. The summed E-state index contributed by atoms with van der Waals surface area (Å²) in [5.74, 6) is -70.3. The van der Waals surface area contributed by atoms with Crippen LogP contribution in [0.15, 0.2) is 0 Å². The molecular weight excluding hydrogens is 901 g/mol. The largest absolute Gasteiger partial charge is 0.467 e. The summed E-state index contributed by atoms with van der Waals surface area (Å²) in [6, 6.07) is 0. The smallest absolute Gasteiger partial charge is 0.459 e. The van der Waals surface area contributed by atoms with Gasteiger partial charge in [0, 0.05) is 12.8 Å². The molecule has 5 nitrogen and oxygen atoms in total. The first-order valence-corrected chi connectivity index (χ1v) is 19.8. The van der Waals surface area contributed by atoms with Crippen LogP contribution in [0.1, 0.15) is 12.8 Å². The Kier molecular flexibility index (Phi) is 11.4. The van der Waals surface area contributed by atoms with Crippen molar-refractivity contribution in [1.82, 2.24) is 9.47 Å². The highest BCUT2D eigenvalue weighted by atomic mass is 28.4. The lowest BCUT2D eigenvalue weighted by molar-refractivity contribution is -0.547. The number of hydrogen-bond donors (Lipinski definition) is 0. The van der Waals surface area contributed by atoms with E-state index in [0.717, 1.165) is 38.6 Å². The van der Waals surface area contributed by atoms with Crippen LogP contribution in [-0.4, -0.2) is 66.9 Å². The third-order valence-electron chi connectivity index (χ3n) is 10.3. The first-order valence-electron chi connectivity index (χ1n) is 16.9. The highest BCUT2D eigenvalue weighted by molar-refractivity contribution is 7.20. The normalized spacial score (nSPS) is 16.1. The molecule has 3 aliphatic heterocycles. The first-order chi connectivity index (χ1) is 28.3. The van der Waals surface area contributed by atoms with Gasteiger partial charge in [-0.25, -0.2) is 92.6 Å². The van der Waals surface area contributed by atoms with Gasteiger partial charge in [-0.3, -0.25) is 9.14 Å². The van der Waals surface area contributed by atoms with Crippen molar-refractivity contribution in [2.45, 2.75) is 25.9 Å². The fourth-order valence-electron chi connectivity index (χ4n) is 7.72. The Morgan fingerprint density at radius 1 is 0.426 bits per heavy atom. The van der Waals surface area contributed by atoms with Gasteiger partial charge in [0.05, 0.1) is 26.2 Å². The van der Waals surface area contributed by atoms with E-state index in [0.29, 0.717) is 0 Å². The molecule has 3 heterocycles. The molecule has 328 valence electrons. The van der Waals surface area contributed by atoms with Crippen LogP contribution >= 0.6 is 0 Å². The van der Waals surface area contributed by atoms with E-state index in [4.69, 9.17) is 4.43 Å². The van der Waals surface area contributed by atoms with E-state index in [2.05, 4.69) is 22.2 Å². The maximum Gasteiger partial charge on any atom is 0.467 e. The fraction of sp³-hybridized carbons (Fsp3) is 0.235. The van der Waals surface area contributed by atoms with Crippen LogP contribution in [0, 0.1) is 116 Å². The van der Waals surface area contributed by atoms with E-state index < -0.39 is 153 Å². The SMILES string of the molecule is C[Si]1(C)OC(=O)N2CCC[N+]3=C2N1CCC3.Fc1c(F)c(F)c([B-](c2c(F)c(F)c(F)c(F)c2F)(c2c(F)c(F)c(F)c(F)c2F)c2c(F)c(F)c(F)c(F)c2F)c(F)c1F. The molecule has 0 unspecified atom stereocenters. The van der Waals surface area contributed by atoms with Crippen molar-refractivity contribution in [1.29, 1.82) is 0 Å². The number of carbonyl (C=O) groups is 1. The molecule has 1 fully saturated rings. The molecule has 0 atom stereocenters. The van der Waals surface area contributed by atoms with E-state index in [1.807, 2.05) is 4.90 Å². The minimum absolute atomic E-state index is 0.130. The highest BCUT2D eigenvalue weighted by Crippen LogP contribution is 2.31. The van der Waals surface area contributed by atoms with Crippen LogP contribution in [-0.2, 0) is 4.43 Å². The molecule has 0 radical (unpaired) electrons. The Morgan fingerprint density at radius 3 is 0.951 bits per heavy atom. The second-order valence-electron chi connectivity index (χ2n) is 13.9. The van der Waals surface area contributed by atoms with Gasteiger partial charge in [-0.05, 0) is 13.1 Å². The molecule has 0 aliphatic carbocycles. The predicted molar refractivity (Wildman–Crippen MR) is 171 cm³/mol. The molecule has 0 N–H and O–H groups in total. The number of hydrogen-bond acceptors (Lipinski definition) is 3. The van der Waals surface area contributed by atoms with E-state index in [1.165, 1.54) is 6.42 Å². The number of rotatable bonds is 4. The summed E-state index contributed by atoms with van der Waals surface area (Å²) < 4.78 is 304. The number of halogens is 20. The van der Waals surface area contributed by atoms with Crippen molar-refractivity contribution in [2.24, 2.45) is 0 Å². The van der Waals surface area contributed by atoms with Crippen molar-refractivity contribution in [2.75, 3.05) is 26.2 Å². The molecule has 4 aromatic carbocycles. The summed E-state index contributed by atoms with van der Waals surface area (Å²) in [5.41, 5.74) is -14.3. The van der Waals surface area contributed by atoms with Crippen LogP contribution in [0.25, 0.3) is 0 Å². The Morgan fingerprint density at radius 2 is 0.672 bits per heavy atom. The maximum atomic E-state index is 15.4. The van der Waals surface area contributed by atoms with Crippen molar-refractivity contribution < 1.29 is 102 Å². The minimum Gasteiger partial charge on any atom is -0.459 e. The van der Waals surface area contributed by atoms with Crippen LogP contribution < -0.4 is 21.9 Å². The topological polar surface area (TPSA) is 35.8 Å². The molecule has 0 bridgehead atoms. The summed E-state index contributed by atoms with van der Waals surface area (Å²) in [5, 5.41) is 0. The Balaban J connectivity index is 0.000000321. The Labute approximate surface area is 328 Å². The second kappa shape index (κ2) is 15.4. The average Bonchev–Trinajstić information content (AvgIpc) is 3.22. The zero-order chi connectivity index (χ0) is 45.7. The fourth-order valence-corrected chi connectivity index (χ4v) is 9.81. The van der Waals surface area contributed by atoms with Crippen molar-refractivity contribution in [3.63, 3.8) is 0 Å². The lowest BCUT2D eigenvalue weighted by Gasteiger charge is -2.44. The van der Waals surface area contributed by atoms with Crippen LogP contribution in [0.3, 0.4) is 0 Å². The van der Waals surface area contributed by atoms with Gasteiger partial charge in [0.25, 0.3) is 0 Å². The van der Waals surface area contributed by atoms with Crippen LogP contribution in [0.5, 0.6) is 0 Å². The number of benzene rings is 4. The van der Waals surface area contributed by atoms with Crippen LogP contribution in [0.4, 0.5) is 92.6 Å². The van der Waals surface area contributed by atoms with Gasteiger partial charge in [-0.15, -0.1) is 21.9 Å². The molecule has 7 rings (SSSR count). The third kappa shape index (κ3) is 6.38. The van der Waals surface area contributed by atoms with Gasteiger partial charge in [0.2, 0.25) is 0 Å². The summed E-state index contributed by atoms with van der Waals surface area (Å²) >= 11 is 0. The summed E-state index contributed by atoms with van der Waals surface area (Å²) in [4.78, 5) is 13.8. The average molecular weight is 919 g/mol. The van der Waals surface area contributed by atoms with E-state index >= 15 is 35.1 Å². The Hall–Kier alpha value is -5.50. The molecular formula is C34H18BF20N3O2Si. The second-order valence-corrected chi connectivity index (χ2v) is 17.5. The molecule has 27 heteroatoms. The lowest BCUT2D eigenvalue weighted by atomic mass is 9.12. The first kappa shape index (κ1) is 45.0. The molecule has 0 spiro atoms. The van der Waals surface area contributed by atoms with E-state index in [-0.39, 0.29) is 6.09 Å². The van der Waals surface area contributed by atoms with Gasteiger partial charge >= 0.3 is 20.5 Å². The molecule has 4 aromatic rings. The van der Waals surface area contributed by atoms with E-state index in [9.17, 15) is 57.5 Å². The summed E-state index contributed by atoms with van der Waals surface area (Å²) in [6.07, 6.45) is -5.13. The van der Waals surface area contributed by atoms with Gasteiger partial charge in [-0.2, -0.15) is 4.90 Å².